The van der Waals surface area contributed by atoms with Gasteiger partial charge in [0.1, 0.15) is 11.9 Å². The van der Waals surface area contributed by atoms with Crippen LogP contribution in [0.4, 0.5) is 0 Å². The highest BCUT2D eigenvalue weighted by Crippen LogP contribution is 2.47. The van der Waals surface area contributed by atoms with Crippen molar-refractivity contribution in [1.29, 1.82) is 10.7 Å². The molecule has 7 heteroatoms. The molecule has 1 N–H and O–H groups in total. The molecule has 0 spiro atoms. The highest BCUT2D eigenvalue weighted by atomic mass is 32.2. The lowest BCUT2D eigenvalue weighted by atomic mass is 9.77. The van der Waals surface area contributed by atoms with Crippen LogP contribution in [0.1, 0.15) is 23.8 Å². The Morgan fingerprint density at radius 1 is 1.27 bits per heavy atom. The van der Waals surface area contributed by atoms with E-state index in [0.29, 0.717) is 17.8 Å². The SMILES string of the molecule is CN1C(=N)C[C@](C)(c2cc(-c3cncc(C#N)c3)cs2)C(Sc2ccccc2)C1=O. The van der Waals surface area contributed by atoms with Crippen LogP contribution in [-0.4, -0.2) is 33.9 Å². The van der Waals surface area contributed by atoms with Gasteiger partial charge < -0.3 is 4.90 Å². The second-order valence-electron chi connectivity index (χ2n) is 7.52. The molecule has 0 aliphatic carbocycles. The molecule has 0 bridgehead atoms. The molecule has 30 heavy (non-hydrogen) atoms. The highest BCUT2D eigenvalue weighted by molar-refractivity contribution is 8.00. The van der Waals surface area contributed by atoms with E-state index in [9.17, 15) is 4.79 Å². The predicted molar refractivity (Wildman–Crippen MR) is 121 cm³/mol. The number of rotatable bonds is 4. The summed E-state index contributed by atoms with van der Waals surface area (Å²) in [6.45, 7) is 2.08. The van der Waals surface area contributed by atoms with Crippen molar-refractivity contribution in [2.75, 3.05) is 7.05 Å². The predicted octanol–water partition coefficient (Wildman–Crippen LogP) is 4.94. The molecular weight excluding hydrogens is 412 g/mol. The number of hydrogen-bond donors (Lipinski definition) is 1. The van der Waals surface area contributed by atoms with E-state index in [4.69, 9.17) is 10.7 Å². The maximum absolute atomic E-state index is 13.2. The van der Waals surface area contributed by atoms with E-state index >= 15 is 0 Å². The molecule has 1 aliphatic heterocycles. The van der Waals surface area contributed by atoms with Crippen LogP contribution in [-0.2, 0) is 10.2 Å². The van der Waals surface area contributed by atoms with E-state index in [1.807, 2.05) is 41.8 Å². The second kappa shape index (κ2) is 8.05. The minimum atomic E-state index is -0.510. The zero-order valence-corrected chi connectivity index (χ0v) is 18.3. The quantitative estimate of drug-likeness (QED) is 0.633. The third-order valence-electron chi connectivity index (χ3n) is 5.43. The van der Waals surface area contributed by atoms with Gasteiger partial charge in [0, 0.05) is 46.6 Å². The van der Waals surface area contributed by atoms with Crippen LogP contribution in [0.15, 0.2) is 65.1 Å². The molecule has 3 heterocycles. The number of aromatic nitrogens is 1. The molecule has 2 atom stereocenters. The summed E-state index contributed by atoms with van der Waals surface area (Å²) in [6, 6.07) is 15.9. The second-order valence-corrected chi connectivity index (χ2v) is 9.61. The molecule has 1 amide bonds. The van der Waals surface area contributed by atoms with Crippen molar-refractivity contribution in [2.24, 2.45) is 0 Å². The Bertz CT molecular complexity index is 1150. The maximum atomic E-state index is 13.2. The van der Waals surface area contributed by atoms with Gasteiger partial charge in [-0.3, -0.25) is 15.2 Å². The summed E-state index contributed by atoms with van der Waals surface area (Å²) in [5.41, 5.74) is 1.86. The Balaban J connectivity index is 1.74. The molecule has 2 aromatic heterocycles. The lowest BCUT2D eigenvalue weighted by Gasteiger charge is -2.43. The summed E-state index contributed by atoms with van der Waals surface area (Å²) >= 11 is 3.15. The molecule has 0 radical (unpaired) electrons. The van der Waals surface area contributed by atoms with Crippen molar-refractivity contribution in [3.8, 4) is 17.2 Å². The fourth-order valence-corrected chi connectivity index (χ4v) is 6.12. The smallest absolute Gasteiger partial charge is 0.242 e. The largest absolute Gasteiger partial charge is 0.303 e. The molecule has 150 valence electrons. The minimum Gasteiger partial charge on any atom is -0.303 e. The summed E-state index contributed by atoms with van der Waals surface area (Å²) in [7, 11) is 1.68. The van der Waals surface area contributed by atoms with Crippen LogP contribution in [0.25, 0.3) is 11.1 Å². The summed E-state index contributed by atoms with van der Waals surface area (Å²) in [6.07, 6.45) is 3.77. The van der Waals surface area contributed by atoms with Crippen LogP contribution in [0.5, 0.6) is 0 Å². The summed E-state index contributed by atoms with van der Waals surface area (Å²) in [5.74, 6) is 0.279. The first-order chi connectivity index (χ1) is 14.4. The maximum Gasteiger partial charge on any atom is 0.242 e. The van der Waals surface area contributed by atoms with Crippen molar-refractivity contribution in [1.82, 2.24) is 9.88 Å². The van der Waals surface area contributed by atoms with Crippen molar-refractivity contribution < 1.29 is 4.79 Å². The average molecular weight is 433 g/mol. The van der Waals surface area contributed by atoms with Gasteiger partial charge >= 0.3 is 0 Å². The number of nitrogens with one attached hydrogen (secondary N) is 1. The lowest BCUT2D eigenvalue weighted by molar-refractivity contribution is -0.128. The monoisotopic (exact) mass is 432 g/mol. The Morgan fingerprint density at radius 2 is 2.03 bits per heavy atom. The van der Waals surface area contributed by atoms with Gasteiger partial charge in [-0.2, -0.15) is 5.26 Å². The van der Waals surface area contributed by atoms with Gasteiger partial charge in [0.15, 0.2) is 0 Å². The van der Waals surface area contributed by atoms with Gasteiger partial charge in [0.2, 0.25) is 5.91 Å². The van der Waals surface area contributed by atoms with E-state index in [0.717, 1.165) is 20.9 Å². The zero-order chi connectivity index (χ0) is 21.3. The van der Waals surface area contributed by atoms with Crippen molar-refractivity contribution in [3.63, 3.8) is 0 Å². The summed E-state index contributed by atoms with van der Waals surface area (Å²) < 4.78 is 0. The van der Waals surface area contributed by atoms with E-state index in [-0.39, 0.29) is 11.2 Å². The Labute approximate surface area is 183 Å². The van der Waals surface area contributed by atoms with Gasteiger partial charge in [-0.25, -0.2) is 0 Å². The average Bonchev–Trinajstić information content (AvgIpc) is 3.27. The molecule has 4 rings (SSSR count). The topological polar surface area (TPSA) is 80.8 Å². The summed E-state index contributed by atoms with van der Waals surface area (Å²) in [5, 5.41) is 19.2. The van der Waals surface area contributed by atoms with Gasteiger partial charge in [-0.1, -0.05) is 25.1 Å². The Hall–Kier alpha value is -2.95. The number of carbonyl (C=O) groups is 1. The fourth-order valence-electron chi connectivity index (χ4n) is 3.62. The van der Waals surface area contributed by atoms with Crippen LogP contribution in [0, 0.1) is 16.7 Å². The van der Waals surface area contributed by atoms with Crippen LogP contribution < -0.4 is 0 Å². The minimum absolute atomic E-state index is 0.0503. The van der Waals surface area contributed by atoms with Gasteiger partial charge in [-0.15, -0.1) is 23.1 Å². The van der Waals surface area contributed by atoms with Crippen molar-refractivity contribution >= 4 is 34.8 Å². The van der Waals surface area contributed by atoms with Gasteiger partial charge in [0.25, 0.3) is 0 Å². The number of thioether (sulfide) groups is 1. The molecule has 1 fully saturated rings. The van der Waals surface area contributed by atoms with Gasteiger partial charge in [0.05, 0.1) is 10.8 Å². The van der Waals surface area contributed by atoms with Crippen LogP contribution in [0.2, 0.25) is 0 Å². The van der Waals surface area contributed by atoms with Gasteiger partial charge in [-0.05, 0) is 35.2 Å². The third-order valence-corrected chi connectivity index (χ3v) is 8.15. The number of pyridine rings is 1. The standard InChI is InChI=1S/C23H20N4OS2/c1-23(19-9-17(14-29-19)16-8-15(11-24)12-26-13-16)10-20(25)27(2)22(28)21(23)30-18-6-4-3-5-7-18/h3-9,12-14,21,25H,10H2,1-2H3/t21?,23-/m1/s1. The number of nitriles is 1. The number of likely N-dealkylation sites (tertiary alicyclic amines) is 1. The van der Waals surface area contributed by atoms with E-state index < -0.39 is 5.41 Å². The molecule has 0 saturated carbocycles. The lowest BCUT2D eigenvalue weighted by Crippen LogP contribution is -2.55. The number of thiophene rings is 1. The summed E-state index contributed by atoms with van der Waals surface area (Å²) in [4.78, 5) is 20.9. The first-order valence-corrected chi connectivity index (χ1v) is 11.2. The fraction of sp³-hybridized carbons (Fsp3) is 0.217. The van der Waals surface area contributed by atoms with Crippen molar-refractivity contribution in [2.45, 2.75) is 28.9 Å². The number of amides is 1. The molecule has 3 aromatic rings. The van der Waals surface area contributed by atoms with Crippen molar-refractivity contribution in [3.05, 3.63) is 70.7 Å². The number of hydrogen-bond acceptors (Lipinski definition) is 6. The van der Waals surface area contributed by atoms with E-state index in [2.05, 4.69) is 24.0 Å². The number of nitrogens with zero attached hydrogens (tertiary/aromatic N) is 3. The zero-order valence-electron chi connectivity index (χ0n) is 16.6. The number of piperidine rings is 1. The molecule has 5 nitrogen and oxygen atoms in total. The highest BCUT2D eigenvalue weighted by Gasteiger charge is 2.49. The molecule has 1 aliphatic rings. The normalized spacial score (nSPS) is 21.5. The molecular formula is C23H20N4OS2. The van der Waals surface area contributed by atoms with E-state index in [1.54, 1.807) is 42.5 Å². The Kier molecular flexibility index (Phi) is 5.46. The molecule has 1 aromatic carbocycles. The number of benzene rings is 1. The third kappa shape index (κ3) is 3.64. The van der Waals surface area contributed by atoms with Crippen LogP contribution >= 0.6 is 23.1 Å². The molecule has 1 saturated heterocycles. The number of amidine groups is 1. The first-order valence-electron chi connectivity index (χ1n) is 9.43. The Morgan fingerprint density at radius 3 is 2.77 bits per heavy atom. The van der Waals surface area contributed by atoms with E-state index in [1.165, 1.54) is 4.90 Å². The number of carbonyl (C=O) groups excluding carboxylic acids is 1. The van der Waals surface area contributed by atoms with Crippen LogP contribution in [0.3, 0.4) is 0 Å². The molecule has 1 unspecified atom stereocenters. The first kappa shape index (κ1) is 20.3.